The van der Waals surface area contributed by atoms with Gasteiger partial charge < -0.3 is 9.47 Å². The number of rotatable bonds is 0. The highest BCUT2D eigenvalue weighted by molar-refractivity contribution is 9.28. The molecule has 0 radical (unpaired) electrons. The second kappa shape index (κ2) is 2.70. The average Bonchev–Trinajstić information content (AvgIpc) is 2.14. The van der Waals surface area contributed by atoms with Gasteiger partial charge in [0.2, 0.25) is 0 Å². The van der Waals surface area contributed by atoms with Crippen molar-refractivity contribution in [2.24, 2.45) is 0 Å². The van der Waals surface area contributed by atoms with Gasteiger partial charge in [-0.2, -0.15) is 0 Å². The lowest BCUT2D eigenvalue weighted by atomic mass is 10.6. The molecule has 0 atom stereocenters. The van der Waals surface area contributed by atoms with Crippen molar-refractivity contribution in [3.8, 4) is 0 Å². The van der Waals surface area contributed by atoms with Crippen molar-refractivity contribution in [3.63, 3.8) is 0 Å². The Hall–Kier alpha value is -0.0300. The predicted molar refractivity (Wildman–Crippen MR) is 37.3 cm³/mol. The number of carbonyl (C=O) groups excluding carboxylic acids is 1. The van der Waals surface area contributed by atoms with Gasteiger partial charge in [-0.05, 0) is 31.9 Å². The summed E-state index contributed by atoms with van der Waals surface area (Å²) in [4.78, 5) is 10.2. The van der Waals surface area contributed by atoms with E-state index in [0.717, 1.165) is 0 Å². The molecule has 0 aliphatic carbocycles. The van der Waals surface area contributed by atoms with Gasteiger partial charge in [-0.3, -0.25) is 0 Å². The van der Waals surface area contributed by atoms with Gasteiger partial charge in [0.25, 0.3) is 0 Å². The summed E-state index contributed by atoms with van der Waals surface area (Å²) in [6, 6.07) is 0. The molecule has 5 heteroatoms. The Balaban J connectivity index is 2.69. The first-order valence-electron chi connectivity index (χ1n) is 2.09. The maximum absolute atomic E-state index is 10.2. The number of ether oxygens (including phenoxy) is 2. The molecule has 1 rings (SSSR count). The summed E-state index contributed by atoms with van der Waals surface area (Å²) in [6.45, 7) is 0.199. The first kappa shape index (κ1) is 7.08. The quantitative estimate of drug-likeness (QED) is 0.624. The molecule has 1 aliphatic rings. The minimum atomic E-state index is -0.651. The molecule has 0 aromatic rings. The molecule has 1 heterocycles. The third kappa shape index (κ3) is 1.69. The van der Waals surface area contributed by atoms with E-state index in [4.69, 9.17) is 0 Å². The van der Waals surface area contributed by atoms with Crippen molar-refractivity contribution in [2.75, 3.05) is 6.61 Å². The van der Waals surface area contributed by atoms with Gasteiger partial charge in [0.15, 0.2) is 12.4 Å². The van der Waals surface area contributed by atoms with Gasteiger partial charge in [0, 0.05) is 0 Å². The fourth-order valence-corrected chi connectivity index (χ4v) is 0.768. The maximum atomic E-state index is 10.2. The van der Waals surface area contributed by atoms with Crippen LogP contribution in [0.2, 0.25) is 0 Å². The molecule has 0 spiro atoms. The van der Waals surface area contributed by atoms with Crippen LogP contribution in [0.25, 0.3) is 0 Å². The van der Waals surface area contributed by atoms with E-state index in [2.05, 4.69) is 41.3 Å². The van der Waals surface area contributed by atoms with Gasteiger partial charge in [-0.25, -0.2) is 4.79 Å². The molecule has 0 aromatic heterocycles. The number of hydrogen-bond donors (Lipinski definition) is 0. The van der Waals surface area contributed by atoms with Crippen molar-refractivity contribution >= 4 is 38.0 Å². The highest BCUT2D eigenvalue weighted by Crippen LogP contribution is 2.23. The second-order valence-corrected chi connectivity index (χ2v) is 3.97. The Labute approximate surface area is 68.3 Å². The molecule has 3 nitrogen and oxygen atoms in total. The van der Waals surface area contributed by atoms with Gasteiger partial charge in [0.05, 0.1) is 0 Å². The topological polar surface area (TPSA) is 35.5 Å². The van der Waals surface area contributed by atoms with E-state index in [-0.39, 0.29) is 6.61 Å². The van der Waals surface area contributed by atoms with Crippen LogP contribution in [-0.2, 0) is 9.47 Å². The normalized spacial score (nSPS) is 17.1. The maximum Gasteiger partial charge on any atom is 0.514 e. The Bertz CT molecular complexity index is 171. The molecular formula is C4H2Br2O3. The summed E-state index contributed by atoms with van der Waals surface area (Å²) in [5.74, 6) is 0.472. The van der Waals surface area contributed by atoms with Crippen LogP contribution in [-0.4, -0.2) is 12.8 Å². The van der Waals surface area contributed by atoms with E-state index in [1.54, 1.807) is 0 Å². The molecule has 0 N–H and O–H groups in total. The molecule has 0 bridgehead atoms. The minimum absolute atomic E-state index is 0.199. The Morgan fingerprint density at radius 2 is 2.22 bits per heavy atom. The lowest BCUT2D eigenvalue weighted by Gasteiger charge is -1.88. The van der Waals surface area contributed by atoms with Crippen LogP contribution in [0.15, 0.2) is 9.15 Å². The fourth-order valence-electron chi connectivity index (χ4n) is 0.377. The van der Waals surface area contributed by atoms with Crippen LogP contribution in [0.5, 0.6) is 0 Å². The zero-order valence-electron chi connectivity index (χ0n) is 4.19. The van der Waals surface area contributed by atoms with E-state index in [9.17, 15) is 4.79 Å². The molecule has 1 aliphatic heterocycles. The third-order valence-corrected chi connectivity index (χ3v) is 1.62. The SMILES string of the molecule is O=C1OCC(=C(Br)Br)O1. The molecule has 1 fully saturated rings. The van der Waals surface area contributed by atoms with Crippen LogP contribution in [0.4, 0.5) is 4.79 Å². The fraction of sp³-hybridized carbons (Fsp3) is 0.250. The van der Waals surface area contributed by atoms with Crippen LogP contribution >= 0.6 is 31.9 Å². The first-order valence-corrected chi connectivity index (χ1v) is 3.67. The van der Waals surface area contributed by atoms with E-state index in [1.807, 2.05) is 0 Å². The number of carbonyl (C=O) groups is 1. The molecule has 9 heavy (non-hydrogen) atoms. The lowest BCUT2D eigenvalue weighted by Crippen LogP contribution is -1.88. The van der Waals surface area contributed by atoms with Gasteiger partial charge >= 0.3 is 6.16 Å². The summed E-state index contributed by atoms with van der Waals surface area (Å²) >= 11 is 6.14. The van der Waals surface area contributed by atoms with Gasteiger partial charge in [0.1, 0.15) is 3.39 Å². The Kier molecular flexibility index (Phi) is 2.13. The highest BCUT2D eigenvalue weighted by Gasteiger charge is 2.20. The monoisotopic (exact) mass is 256 g/mol. The van der Waals surface area contributed by atoms with Crippen LogP contribution in [0.1, 0.15) is 0 Å². The van der Waals surface area contributed by atoms with Crippen molar-refractivity contribution in [1.82, 2.24) is 0 Å². The summed E-state index contributed by atoms with van der Waals surface area (Å²) in [5.41, 5.74) is 0. The zero-order valence-corrected chi connectivity index (χ0v) is 7.36. The number of halogens is 2. The van der Waals surface area contributed by atoms with Crippen LogP contribution in [0, 0.1) is 0 Å². The first-order chi connectivity index (χ1) is 4.20. The molecule has 50 valence electrons. The van der Waals surface area contributed by atoms with Crippen molar-refractivity contribution in [3.05, 3.63) is 9.15 Å². The summed E-state index contributed by atoms with van der Waals surface area (Å²) in [5, 5.41) is 0. The number of hydrogen-bond acceptors (Lipinski definition) is 3. The second-order valence-electron chi connectivity index (χ2n) is 1.32. The Morgan fingerprint density at radius 1 is 1.56 bits per heavy atom. The average molecular weight is 258 g/mol. The van der Waals surface area contributed by atoms with Crippen molar-refractivity contribution in [2.45, 2.75) is 0 Å². The predicted octanol–water partition coefficient (Wildman–Crippen LogP) is 2.11. The van der Waals surface area contributed by atoms with Crippen LogP contribution < -0.4 is 0 Å². The highest BCUT2D eigenvalue weighted by atomic mass is 79.9. The largest absolute Gasteiger partial charge is 0.514 e. The van der Waals surface area contributed by atoms with E-state index < -0.39 is 6.16 Å². The van der Waals surface area contributed by atoms with E-state index >= 15 is 0 Å². The Morgan fingerprint density at radius 3 is 2.44 bits per heavy atom. The lowest BCUT2D eigenvalue weighted by molar-refractivity contribution is 0.136. The van der Waals surface area contributed by atoms with Crippen molar-refractivity contribution in [1.29, 1.82) is 0 Å². The summed E-state index contributed by atoms with van der Waals surface area (Å²) in [7, 11) is 0. The van der Waals surface area contributed by atoms with E-state index in [0.29, 0.717) is 9.15 Å². The zero-order chi connectivity index (χ0) is 6.85. The molecule has 0 unspecified atom stereocenters. The van der Waals surface area contributed by atoms with Crippen LogP contribution in [0.3, 0.4) is 0 Å². The third-order valence-electron chi connectivity index (χ3n) is 0.738. The molecule has 0 saturated carbocycles. The number of cyclic esters (lactones) is 2. The van der Waals surface area contributed by atoms with Gasteiger partial charge in [-0.1, -0.05) is 0 Å². The standard InChI is InChI=1S/C4H2Br2O3/c5-3(6)2-1-8-4(7)9-2/h1H2. The molecule has 1 saturated heterocycles. The molecule has 0 amide bonds. The summed E-state index contributed by atoms with van der Waals surface area (Å²) in [6.07, 6.45) is -0.651. The van der Waals surface area contributed by atoms with E-state index in [1.165, 1.54) is 0 Å². The molecule has 0 aromatic carbocycles. The van der Waals surface area contributed by atoms with Gasteiger partial charge in [-0.15, -0.1) is 0 Å². The smallest absolute Gasteiger partial charge is 0.426 e. The minimum Gasteiger partial charge on any atom is -0.426 e. The molecular weight excluding hydrogens is 256 g/mol. The summed E-state index contributed by atoms with van der Waals surface area (Å²) < 4.78 is 9.61. The van der Waals surface area contributed by atoms with Crippen molar-refractivity contribution < 1.29 is 14.3 Å².